The van der Waals surface area contributed by atoms with E-state index in [2.05, 4.69) is 5.32 Å². The molecule has 0 saturated heterocycles. The van der Waals surface area contributed by atoms with Crippen molar-refractivity contribution in [2.24, 2.45) is 5.41 Å². The maximum Gasteiger partial charge on any atom is 0.300 e. The van der Waals surface area contributed by atoms with Crippen molar-refractivity contribution in [1.82, 2.24) is 5.32 Å². The lowest BCUT2D eigenvalue weighted by Crippen LogP contribution is -2.33. The van der Waals surface area contributed by atoms with Gasteiger partial charge in [0.2, 0.25) is 0 Å². The lowest BCUT2D eigenvalue weighted by Gasteiger charge is -2.22. The molecule has 6 heteroatoms. The van der Waals surface area contributed by atoms with Gasteiger partial charge in [0.1, 0.15) is 10.6 Å². The van der Waals surface area contributed by atoms with Crippen molar-refractivity contribution in [2.75, 3.05) is 6.54 Å². The molecule has 0 aliphatic carbocycles. The van der Waals surface area contributed by atoms with Crippen LogP contribution in [-0.2, 0) is 0 Å². The van der Waals surface area contributed by atoms with Crippen LogP contribution in [0.4, 0.5) is 5.69 Å². The van der Waals surface area contributed by atoms with E-state index in [4.69, 9.17) is 11.6 Å². The molecule has 0 atom stereocenters. The van der Waals surface area contributed by atoms with Crippen LogP contribution in [0, 0.1) is 15.5 Å². The quantitative estimate of drug-likeness (QED) is 0.665. The lowest BCUT2D eigenvalue weighted by atomic mass is 9.90. The number of carbonyl (C=O) groups is 1. The number of nitro benzene ring substituents is 1. The number of hydrogen-bond donors (Lipinski definition) is 1. The number of hydrogen-bond acceptors (Lipinski definition) is 3. The Labute approximate surface area is 117 Å². The molecule has 0 spiro atoms. The van der Waals surface area contributed by atoms with E-state index in [1.165, 1.54) is 18.2 Å². The lowest BCUT2D eigenvalue weighted by molar-refractivity contribution is -0.385. The number of nitro groups is 1. The molecule has 0 bridgehead atoms. The molecule has 19 heavy (non-hydrogen) atoms. The Balaban J connectivity index is 2.95. The van der Waals surface area contributed by atoms with Crippen LogP contribution in [0.15, 0.2) is 18.2 Å². The van der Waals surface area contributed by atoms with E-state index >= 15 is 0 Å². The molecule has 1 N–H and O–H groups in total. The number of benzene rings is 1. The first-order chi connectivity index (χ1) is 8.78. The second-order valence-electron chi connectivity index (χ2n) is 5.09. The first kappa shape index (κ1) is 15.4. The standard InChI is InChI=1S/C13H17ClN2O3/c1-4-13(2,3)8-15-12(17)9-6-5-7-10(14)11(9)16(18)19/h5-7H,4,8H2,1-3H3,(H,15,17). The first-order valence-corrected chi connectivity index (χ1v) is 6.37. The number of nitrogens with zero attached hydrogens (tertiary/aromatic N) is 1. The predicted molar refractivity (Wildman–Crippen MR) is 74.5 cm³/mol. The molecule has 1 rings (SSSR count). The number of amides is 1. The zero-order valence-corrected chi connectivity index (χ0v) is 12.0. The van der Waals surface area contributed by atoms with Gasteiger partial charge in [-0.15, -0.1) is 0 Å². The molecule has 0 saturated carbocycles. The Kier molecular flexibility index (Phi) is 4.89. The summed E-state index contributed by atoms with van der Waals surface area (Å²) >= 11 is 5.76. The van der Waals surface area contributed by atoms with Crippen LogP contribution in [0.2, 0.25) is 5.02 Å². The van der Waals surface area contributed by atoms with Crippen LogP contribution in [0.3, 0.4) is 0 Å². The van der Waals surface area contributed by atoms with Crippen LogP contribution < -0.4 is 5.32 Å². The van der Waals surface area contributed by atoms with Gasteiger partial charge >= 0.3 is 5.69 Å². The molecule has 1 amide bonds. The van der Waals surface area contributed by atoms with E-state index in [9.17, 15) is 14.9 Å². The highest BCUT2D eigenvalue weighted by molar-refractivity contribution is 6.33. The average Bonchev–Trinajstić information content (AvgIpc) is 2.35. The zero-order valence-electron chi connectivity index (χ0n) is 11.2. The van der Waals surface area contributed by atoms with Crippen molar-refractivity contribution in [1.29, 1.82) is 0 Å². The molecule has 0 aliphatic rings. The second-order valence-corrected chi connectivity index (χ2v) is 5.50. The summed E-state index contributed by atoms with van der Waals surface area (Å²) in [6.45, 7) is 6.50. The van der Waals surface area contributed by atoms with Crippen molar-refractivity contribution < 1.29 is 9.72 Å². The molecule has 1 aromatic rings. The fourth-order valence-corrected chi connectivity index (χ4v) is 1.67. The van der Waals surface area contributed by atoms with Gasteiger partial charge in [0, 0.05) is 6.54 Å². The SMILES string of the molecule is CCC(C)(C)CNC(=O)c1cccc(Cl)c1[N+](=O)[O-]. The summed E-state index contributed by atoms with van der Waals surface area (Å²) in [4.78, 5) is 22.3. The van der Waals surface area contributed by atoms with E-state index in [0.717, 1.165) is 6.42 Å². The van der Waals surface area contributed by atoms with Gasteiger partial charge in [-0.25, -0.2) is 0 Å². The molecule has 0 aliphatic heterocycles. The minimum atomic E-state index is -0.637. The van der Waals surface area contributed by atoms with Gasteiger partial charge in [-0.2, -0.15) is 0 Å². The fraction of sp³-hybridized carbons (Fsp3) is 0.462. The molecular weight excluding hydrogens is 268 g/mol. The third-order valence-corrected chi connectivity index (χ3v) is 3.40. The average molecular weight is 285 g/mol. The summed E-state index contributed by atoms with van der Waals surface area (Å²) in [5, 5.41) is 13.6. The Morgan fingerprint density at radius 2 is 2.11 bits per heavy atom. The van der Waals surface area contributed by atoms with Gasteiger partial charge in [0.25, 0.3) is 5.91 Å². The largest absolute Gasteiger partial charge is 0.351 e. The Morgan fingerprint density at radius 1 is 1.47 bits per heavy atom. The van der Waals surface area contributed by atoms with Crippen LogP contribution in [0.25, 0.3) is 0 Å². The van der Waals surface area contributed by atoms with Crippen LogP contribution >= 0.6 is 11.6 Å². The summed E-state index contributed by atoms with van der Waals surface area (Å²) in [5.74, 6) is -0.476. The molecular formula is C13H17ClN2O3. The number of nitrogens with one attached hydrogen (secondary N) is 1. The highest BCUT2D eigenvalue weighted by Crippen LogP contribution is 2.28. The van der Waals surface area contributed by atoms with Crippen molar-refractivity contribution in [3.05, 3.63) is 38.9 Å². The summed E-state index contributed by atoms with van der Waals surface area (Å²) in [5.41, 5.74) is -0.413. The Morgan fingerprint density at radius 3 is 2.63 bits per heavy atom. The van der Waals surface area contributed by atoms with Crippen LogP contribution in [0.1, 0.15) is 37.6 Å². The molecule has 0 unspecified atom stereocenters. The number of para-hydroxylation sites is 1. The van der Waals surface area contributed by atoms with Crippen LogP contribution in [-0.4, -0.2) is 17.4 Å². The highest BCUT2D eigenvalue weighted by Gasteiger charge is 2.24. The fourth-order valence-electron chi connectivity index (χ4n) is 1.42. The molecule has 104 valence electrons. The Bertz CT molecular complexity index is 501. The van der Waals surface area contributed by atoms with Gasteiger partial charge in [0.15, 0.2) is 0 Å². The summed E-state index contributed by atoms with van der Waals surface area (Å²) in [7, 11) is 0. The maximum atomic E-state index is 12.0. The smallest absolute Gasteiger partial charge is 0.300 e. The number of carbonyl (C=O) groups excluding carboxylic acids is 1. The third kappa shape index (κ3) is 3.92. The normalized spacial score (nSPS) is 11.2. The molecule has 5 nitrogen and oxygen atoms in total. The number of halogens is 1. The van der Waals surface area contributed by atoms with Gasteiger partial charge in [-0.05, 0) is 24.0 Å². The minimum absolute atomic E-state index is 0.00981. The molecule has 0 fully saturated rings. The van der Waals surface area contributed by atoms with Crippen molar-refractivity contribution in [2.45, 2.75) is 27.2 Å². The van der Waals surface area contributed by atoms with E-state index in [-0.39, 0.29) is 21.7 Å². The topological polar surface area (TPSA) is 72.2 Å². The van der Waals surface area contributed by atoms with Gasteiger partial charge in [0.05, 0.1) is 4.92 Å². The van der Waals surface area contributed by atoms with E-state index in [0.29, 0.717) is 6.54 Å². The van der Waals surface area contributed by atoms with E-state index < -0.39 is 10.8 Å². The molecule has 0 heterocycles. The first-order valence-electron chi connectivity index (χ1n) is 5.99. The van der Waals surface area contributed by atoms with Crippen LogP contribution in [0.5, 0.6) is 0 Å². The molecule has 0 radical (unpaired) electrons. The van der Waals surface area contributed by atoms with E-state index in [1.54, 1.807) is 0 Å². The Hall–Kier alpha value is -1.62. The van der Waals surface area contributed by atoms with Crippen molar-refractivity contribution in [3.63, 3.8) is 0 Å². The molecule has 1 aromatic carbocycles. The third-order valence-electron chi connectivity index (χ3n) is 3.10. The molecule has 0 aromatic heterocycles. The van der Waals surface area contributed by atoms with E-state index in [1.807, 2.05) is 20.8 Å². The monoisotopic (exact) mass is 284 g/mol. The van der Waals surface area contributed by atoms with Crippen molar-refractivity contribution >= 4 is 23.2 Å². The maximum absolute atomic E-state index is 12.0. The van der Waals surface area contributed by atoms with Gasteiger partial charge < -0.3 is 5.32 Å². The predicted octanol–water partition coefficient (Wildman–Crippen LogP) is 3.41. The highest BCUT2D eigenvalue weighted by atomic mass is 35.5. The minimum Gasteiger partial charge on any atom is -0.351 e. The van der Waals surface area contributed by atoms with Crippen molar-refractivity contribution in [3.8, 4) is 0 Å². The number of rotatable bonds is 5. The second kappa shape index (κ2) is 6.02. The summed E-state index contributed by atoms with van der Waals surface area (Å²) in [6, 6.07) is 4.32. The zero-order chi connectivity index (χ0) is 14.6. The van der Waals surface area contributed by atoms with Gasteiger partial charge in [-0.1, -0.05) is 38.4 Å². The van der Waals surface area contributed by atoms with Gasteiger partial charge in [-0.3, -0.25) is 14.9 Å². The summed E-state index contributed by atoms with van der Waals surface area (Å²) < 4.78 is 0. The summed E-state index contributed by atoms with van der Waals surface area (Å²) in [6.07, 6.45) is 0.894.